The highest BCUT2D eigenvalue weighted by atomic mass is 19.4. The summed E-state index contributed by atoms with van der Waals surface area (Å²) in [6, 6.07) is 8.74. The van der Waals surface area contributed by atoms with Gasteiger partial charge in [-0.05, 0) is 18.5 Å². The molecular formula is C11H14F3NO. The van der Waals surface area contributed by atoms with Crippen molar-refractivity contribution in [1.82, 2.24) is 0 Å². The van der Waals surface area contributed by atoms with Gasteiger partial charge in [0.1, 0.15) is 0 Å². The molecule has 0 saturated heterocycles. The normalized spacial score (nSPS) is 13.8. The number of hydrogen-bond donors (Lipinski definition) is 1. The van der Waals surface area contributed by atoms with Crippen molar-refractivity contribution in [2.24, 2.45) is 5.73 Å². The van der Waals surface area contributed by atoms with Crippen molar-refractivity contribution in [3.63, 3.8) is 0 Å². The molecule has 0 radical (unpaired) electrons. The van der Waals surface area contributed by atoms with E-state index < -0.39 is 12.3 Å². The first-order chi connectivity index (χ1) is 7.54. The predicted molar refractivity (Wildman–Crippen MR) is 54.7 cm³/mol. The highest BCUT2D eigenvalue weighted by Crippen LogP contribution is 2.25. The first kappa shape index (κ1) is 13.0. The molecule has 1 rings (SSSR count). The SMILES string of the molecule is NCCC(OCc1ccccc1)C(F)(F)F. The predicted octanol–water partition coefficient (Wildman–Crippen LogP) is 2.48. The van der Waals surface area contributed by atoms with Gasteiger partial charge in [-0.25, -0.2) is 0 Å². The molecule has 0 aliphatic carbocycles. The first-order valence-electron chi connectivity index (χ1n) is 4.96. The molecule has 1 aromatic rings. The summed E-state index contributed by atoms with van der Waals surface area (Å²) in [6.07, 6.45) is -6.34. The minimum Gasteiger partial charge on any atom is -0.364 e. The fourth-order valence-electron chi connectivity index (χ4n) is 1.26. The van der Waals surface area contributed by atoms with E-state index in [2.05, 4.69) is 0 Å². The van der Waals surface area contributed by atoms with Crippen molar-refractivity contribution < 1.29 is 17.9 Å². The van der Waals surface area contributed by atoms with Gasteiger partial charge < -0.3 is 10.5 Å². The summed E-state index contributed by atoms with van der Waals surface area (Å²) in [4.78, 5) is 0. The van der Waals surface area contributed by atoms with Crippen LogP contribution in [0.4, 0.5) is 13.2 Å². The molecule has 1 atom stereocenters. The minimum atomic E-state index is -4.35. The van der Waals surface area contributed by atoms with Crippen molar-refractivity contribution in [2.45, 2.75) is 25.3 Å². The van der Waals surface area contributed by atoms with Crippen LogP contribution >= 0.6 is 0 Å². The third-order valence-electron chi connectivity index (χ3n) is 2.09. The summed E-state index contributed by atoms with van der Waals surface area (Å²) in [5.74, 6) is 0. The lowest BCUT2D eigenvalue weighted by molar-refractivity contribution is -0.224. The molecule has 1 aromatic carbocycles. The van der Waals surface area contributed by atoms with Gasteiger partial charge in [-0.1, -0.05) is 30.3 Å². The summed E-state index contributed by atoms with van der Waals surface area (Å²) < 4.78 is 42.1. The lowest BCUT2D eigenvalue weighted by Gasteiger charge is -2.20. The van der Waals surface area contributed by atoms with Crippen LogP contribution in [0.5, 0.6) is 0 Å². The number of rotatable bonds is 5. The van der Waals surface area contributed by atoms with E-state index in [9.17, 15) is 13.2 Å². The lowest BCUT2D eigenvalue weighted by Crippen LogP contribution is -2.33. The van der Waals surface area contributed by atoms with Crippen molar-refractivity contribution >= 4 is 0 Å². The molecule has 16 heavy (non-hydrogen) atoms. The fraction of sp³-hybridized carbons (Fsp3) is 0.455. The summed E-state index contributed by atoms with van der Waals surface area (Å²) in [5, 5.41) is 0. The number of ether oxygens (including phenoxy) is 1. The van der Waals surface area contributed by atoms with Gasteiger partial charge in [-0.2, -0.15) is 13.2 Å². The van der Waals surface area contributed by atoms with E-state index in [-0.39, 0.29) is 19.6 Å². The third-order valence-corrected chi connectivity index (χ3v) is 2.09. The largest absolute Gasteiger partial charge is 0.414 e. The van der Waals surface area contributed by atoms with E-state index >= 15 is 0 Å². The highest BCUT2D eigenvalue weighted by molar-refractivity contribution is 5.13. The Morgan fingerprint density at radius 1 is 1.19 bits per heavy atom. The molecule has 0 aliphatic rings. The van der Waals surface area contributed by atoms with Gasteiger partial charge in [-0.15, -0.1) is 0 Å². The van der Waals surface area contributed by atoms with Crippen LogP contribution in [-0.4, -0.2) is 18.8 Å². The Balaban J connectivity index is 2.51. The Morgan fingerprint density at radius 2 is 1.81 bits per heavy atom. The van der Waals surface area contributed by atoms with E-state index in [1.165, 1.54) is 0 Å². The van der Waals surface area contributed by atoms with E-state index in [4.69, 9.17) is 10.5 Å². The topological polar surface area (TPSA) is 35.2 Å². The molecule has 90 valence electrons. The first-order valence-corrected chi connectivity index (χ1v) is 4.96. The zero-order chi connectivity index (χ0) is 12.0. The zero-order valence-corrected chi connectivity index (χ0v) is 8.70. The fourth-order valence-corrected chi connectivity index (χ4v) is 1.26. The highest BCUT2D eigenvalue weighted by Gasteiger charge is 2.39. The van der Waals surface area contributed by atoms with Gasteiger partial charge >= 0.3 is 6.18 Å². The second-order valence-corrected chi connectivity index (χ2v) is 3.40. The second kappa shape index (κ2) is 5.86. The van der Waals surface area contributed by atoms with E-state index in [0.717, 1.165) is 0 Å². The van der Waals surface area contributed by atoms with Gasteiger partial charge in [0.25, 0.3) is 0 Å². The van der Waals surface area contributed by atoms with Crippen LogP contribution < -0.4 is 5.73 Å². The third kappa shape index (κ3) is 4.20. The molecule has 0 aliphatic heterocycles. The molecular weight excluding hydrogens is 219 g/mol. The van der Waals surface area contributed by atoms with Crippen molar-refractivity contribution in [1.29, 1.82) is 0 Å². The number of nitrogens with two attached hydrogens (primary N) is 1. The van der Waals surface area contributed by atoms with E-state index in [1.54, 1.807) is 30.3 Å². The molecule has 2 N–H and O–H groups in total. The van der Waals surface area contributed by atoms with Crippen LogP contribution in [0.2, 0.25) is 0 Å². The van der Waals surface area contributed by atoms with Gasteiger partial charge in [0, 0.05) is 0 Å². The minimum absolute atomic E-state index is 0.0427. The number of alkyl halides is 3. The average Bonchev–Trinajstić information content (AvgIpc) is 2.24. The van der Waals surface area contributed by atoms with Crippen molar-refractivity contribution in [2.75, 3.05) is 6.54 Å². The molecule has 0 amide bonds. The maximum atomic E-state index is 12.4. The lowest BCUT2D eigenvalue weighted by atomic mass is 10.2. The van der Waals surface area contributed by atoms with Crippen LogP contribution in [0.25, 0.3) is 0 Å². The van der Waals surface area contributed by atoms with Gasteiger partial charge in [0.2, 0.25) is 0 Å². The van der Waals surface area contributed by atoms with Gasteiger partial charge in [-0.3, -0.25) is 0 Å². The molecule has 0 heterocycles. The summed E-state index contributed by atoms with van der Waals surface area (Å²) in [6.45, 7) is -0.0933. The Hall–Kier alpha value is -1.07. The number of hydrogen-bond acceptors (Lipinski definition) is 2. The maximum Gasteiger partial charge on any atom is 0.414 e. The molecule has 1 unspecified atom stereocenters. The van der Waals surface area contributed by atoms with Crippen molar-refractivity contribution in [3.05, 3.63) is 35.9 Å². The summed E-state index contributed by atoms with van der Waals surface area (Å²) in [7, 11) is 0. The summed E-state index contributed by atoms with van der Waals surface area (Å²) >= 11 is 0. The molecule has 0 aromatic heterocycles. The van der Waals surface area contributed by atoms with E-state index in [0.29, 0.717) is 5.56 Å². The Kier molecular flexibility index (Phi) is 4.76. The smallest absolute Gasteiger partial charge is 0.364 e. The number of benzene rings is 1. The van der Waals surface area contributed by atoms with Crippen LogP contribution in [-0.2, 0) is 11.3 Å². The molecule has 0 fully saturated rings. The monoisotopic (exact) mass is 233 g/mol. The van der Waals surface area contributed by atoms with Crippen LogP contribution in [0.3, 0.4) is 0 Å². The van der Waals surface area contributed by atoms with Gasteiger partial charge in [0.05, 0.1) is 6.61 Å². The number of halogens is 3. The Bertz CT molecular complexity index is 300. The standard InChI is InChI=1S/C11H14F3NO/c12-11(13,14)10(6-7-15)16-8-9-4-2-1-3-5-9/h1-5,10H,6-8,15H2. The van der Waals surface area contributed by atoms with Crippen molar-refractivity contribution in [3.8, 4) is 0 Å². The Morgan fingerprint density at radius 3 is 2.31 bits per heavy atom. The second-order valence-electron chi connectivity index (χ2n) is 3.40. The molecule has 0 spiro atoms. The maximum absolute atomic E-state index is 12.4. The molecule has 0 saturated carbocycles. The summed E-state index contributed by atoms with van der Waals surface area (Å²) in [5.41, 5.74) is 5.83. The zero-order valence-electron chi connectivity index (χ0n) is 8.70. The van der Waals surface area contributed by atoms with Crippen LogP contribution in [0.1, 0.15) is 12.0 Å². The molecule has 5 heteroatoms. The Labute approximate surface area is 92.2 Å². The quantitative estimate of drug-likeness (QED) is 0.848. The van der Waals surface area contributed by atoms with E-state index in [1.807, 2.05) is 0 Å². The van der Waals surface area contributed by atoms with Gasteiger partial charge in [0.15, 0.2) is 6.10 Å². The molecule has 2 nitrogen and oxygen atoms in total. The average molecular weight is 233 g/mol. The van der Waals surface area contributed by atoms with Crippen LogP contribution in [0, 0.1) is 0 Å². The van der Waals surface area contributed by atoms with Crippen LogP contribution in [0.15, 0.2) is 30.3 Å². The molecule has 0 bridgehead atoms.